The van der Waals surface area contributed by atoms with Crippen LogP contribution in [0.15, 0.2) is 47.1 Å². The molecule has 3 heterocycles. The number of piperidine rings is 1. The van der Waals surface area contributed by atoms with Gasteiger partial charge in [0.25, 0.3) is 0 Å². The summed E-state index contributed by atoms with van der Waals surface area (Å²) >= 11 is 5.80. The van der Waals surface area contributed by atoms with Gasteiger partial charge in [-0.05, 0) is 43.7 Å². The van der Waals surface area contributed by atoms with E-state index in [-0.39, 0.29) is 24.2 Å². The lowest BCUT2D eigenvalue weighted by molar-refractivity contribution is -0.117. The summed E-state index contributed by atoms with van der Waals surface area (Å²) in [5.74, 6) is 0.867. The minimum Gasteiger partial charge on any atom is -0.339 e. The van der Waals surface area contributed by atoms with Crippen molar-refractivity contribution in [1.29, 1.82) is 0 Å². The molecule has 2 aromatic heterocycles. The molecule has 29 heavy (non-hydrogen) atoms. The minimum atomic E-state index is -0.348. The summed E-state index contributed by atoms with van der Waals surface area (Å²) in [6.45, 7) is 1.68. The Morgan fingerprint density at radius 1 is 1.34 bits per heavy atom. The molecule has 1 aliphatic rings. The van der Waals surface area contributed by atoms with E-state index in [2.05, 4.69) is 20.4 Å². The summed E-state index contributed by atoms with van der Waals surface area (Å²) in [4.78, 5) is 22.9. The van der Waals surface area contributed by atoms with Crippen LogP contribution in [0.5, 0.6) is 0 Å². The number of amides is 1. The molecule has 1 N–H and O–H groups in total. The number of pyridine rings is 1. The smallest absolute Gasteiger partial charge is 0.239 e. The zero-order chi connectivity index (χ0) is 20.2. The van der Waals surface area contributed by atoms with Crippen molar-refractivity contribution in [2.24, 2.45) is 0 Å². The van der Waals surface area contributed by atoms with Crippen molar-refractivity contribution < 1.29 is 13.7 Å². The summed E-state index contributed by atoms with van der Waals surface area (Å²) in [7, 11) is 0. The molecule has 1 aliphatic heterocycles. The number of aromatic nitrogens is 3. The van der Waals surface area contributed by atoms with Crippen LogP contribution in [0.25, 0.3) is 11.4 Å². The minimum absolute atomic E-state index is 0.0278. The van der Waals surface area contributed by atoms with Crippen LogP contribution in [0.3, 0.4) is 0 Å². The van der Waals surface area contributed by atoms with E-state index >= 15 is 0 Å². The number of carbonyl (C=O) groups excluding carboxylic acids is 1. The van der Waals surface area contributed by atoms with Crippen LogP contribution in [-0.2, 0) is 4.79 Å². The number of nitrogens with zero attached hydrogens (tertiary/aromatic N) is 4. The molecule has 0 aliphatic carbocycles. The highest BCUT2D eigenvalue weighted by Crippen LogP contribution is 2.27. The molecule has 0 spiro atoms. The maximum Gasteiger partial charge on any atom is 0.239 e. The van der Waals surface area contributed by atoms with E-state index in [1.54, 1.807) is 24.3 Å². The number of nitrogens with one attached hydrogen (secondary N) is 1. The third-order valence-electron chi connectivity index (χ3n) is 4.74. The Hall–Kier alpha value is -2.84. The molecular weight excluding hydrogens is 397 g/mol. The van der Waals surface area contributed by atoms with Gasteiger partial charge in [-0.15, -0.1) is 0 Å². The molecule has 0 radical (unpaired) electrons. The Balaban J connectivity index is 1.37. The van der Waals surface area contributed by atoms with Crippen molar-refractivity contribution >= 4 is 23.3 Å². The number of carbonyl (C=O) groups is 1. The van der Waals surface area contributed by atoms with Gasteiger partial charge in [-0.1, -0.05) is 28.9 Å². The van der Waals surface area contributed by atoms with Gasteiger partial charge >= 0.3 is 0 Å². The van der Waals surface area contributed by atoms with Crippen molar-refractivity contribution in [2.75, 3.05) is 25.0 Å². The predicted octanol–water partition coefficient (Wildman–Crippen LogP) is 3.74. The van der Waals surface area contributed by atoms with Gasteiger partial charge in [0.05, 0.1) is 17.5 Å². The quantitative estimate of drug-likeness (QED) is 0.683. The number of benzene rings is 1. The maximum absolute atomic E-state index is 13.4. The standard InChI is InChI=1S/C20H19ClFN5O2/c21-15-6-7-17(23-10-15)24-18(28)12-27-8-2-4-14(11-27)20-25-19(26-29-20)13-3-1-5-16(22)9-13/h1,3,5-7,9-10,14H,2,4,8,11-12H2,(H,23,24,28). The molecule has 1 amide bonds. The fourth-order valence-electron chi connectivity index (χ4n) is 3.38. The Kier molecular flexibility index (Phi) is 5.82. The first-order chi connectivity index (χ1) is 14.1. The van der Waals surface area contributed by atoms with Crippen LogP contribution >= 0.6 is 11.6 Å². The predicted molar refractivity (Wildman–Crippen MR) is 106 cm³/mol. The van der Waals surface area contributed by atoms with Crippen LogP contribution in [-0.4, -0.2) is 45.6 Å². The summed E-state index contributed by atoms with van der Waals surface area (Å²) in [6, 6.07) is 9.42. The number of anilines is 1. The average molecular weight is 416 g/mol. The van der Waals surface area contributed by atoms with Crippen molar-refractivity contribution in [2.45, 2.75) is 18.8 Å². The lowest BCUT2D eigenvalue weighted by Gasteiger charge is -2.30. The zero-order valence-corrected chi connectivity index (χ0v) is 16.3. The fourth-order valence-corrected chi connectivity index (χ4v) is 3.49. The Bertz CT molecular complexity index is 995. The molecular formula is C20H19ClFN5O2. The van der Waals surface area contributed by atoms with Gasteiger partial charge in [-0.3, -0.25) is 9.69 Å². The highest BCUT2D eigenvalue weighted by atomic mass is 35.5. The molecule has 1 atom stereocenters. The zero-order valence-electron chi connectivity index (χ0n) is 15.5. The fraction of sp³-hybridized carbons (Fsp3) is 0.300. The average Bonchev–Trinajstić information content (AvgIpc) is 3.20. The molecule has 3 aromatic rings. The molecule has 1 fully saturated rings. The van der Waals surface area contributed by atoms with E-state index in [0.29, 0.717) is 34.7 Å². The Labute approximate surface area is 171 Å². The van der Waals surface area contributed by atoms with Gasteiger partial charge in [-0.2, -0.15) is 4.98 Å². The first kappa shape index (κ1) is 19.5. The molecule has 1 unspecified atom stereocenters. The van der Waals surface area contributed by atoms with Gasteiger partial charge in [-0.25, -0.2) is 9.37 Å². The highest BCUT2D eigenvalue weighted by Gasteiger charge is 2.27. The van der Waals surface area contributed by atoms with Gasteiger partial charge in [0, 0.05) is 18.3 Å². The van der Waals surface area contributed by atoms with Crippen LogP contribution in [0.2, 0.25) is 5.02 Å². The van der Waals surface area contributed by atoms with E-state index < -0.39 is 0 Å². The summed E-state index contributed by atoms with van der Waals surface area (Å²) < 4.78 is 18.8. The number of likely N-dealkylation sites (tertiary alicyclic amines) is 1. The maximum atomic E-state index is 13.4. The second-order valence-electron chi connectivity index (χ2n) is 6.95. The second-order valence-corrected chi connectivity index (χ2v) is 7.39. The van der Waals surface area contributed by atoms with E-state index in [1.165, 1.54) is 18.3 Å². The third kappa shape index (κ3) is 4.96. The van der Waals surface area contributed by atoms with Crippen LogP contribution in [0.4, 0.5) is 10.2 Å². The van der Waals surface area contributed by atoms with Gasteiger partial charge in [0.1, 0.15) is 11.6 Å². The van der Waals surface area contributed by atoms with Crippen molar-refractivity contribution in [3.05, 3.63) is 59.3 Å². The van der Waals surface area contributed by atoms with Crippen LogP contribution < -0.4 is 5.32 Å². The van der Waals surface area contributed by atoms with Gasteiger partial charge in [0.15, 0.2) is 0 Å². The third-order valence-corrected chi connectivity index (χ3v) is 4.96. The lowest BCUT2D eigenvalue weighted by atomic mass is 9.98. The summed E-state index contributed by atoms with van der Waals surface area (Å²) in [6.07, 6.45) is 3.29. The molecule has 0 saturated carbocycles. The summed E-state index contributed by atoms with van der Waals surface area (Å²) in [5, 5.41) is 7.26. The number of halogens is 2. The van der Waals surface area contributed by atoms with E-state index in [9.17, 15) is 9.18 Å². The van der Waals surface area contributed by atoms with Gasteiger partial charge in [0.2, 0.25) is 17.6 Å². The molecule has 0 bridgehead atoms. The first-order valence-electron chi connectivity index (χ1n) is 9.30. The molecule has 9 heteroatoms. The SMILES string of the molecule is O=C(CN1CCCC(c2nc(-c3cccc(F)c3)no2)C1)Nc1ccc(Cl)cn1. The van der Waals surface area contributed by atoms with Crippen molar-refractivity contribution in [3.8, 4) is 11.4 Å². The lowest BCUT2D eigenvalue weighted by Crippen LogP contribution is -2.39. The molecule has 1 aromatic carbocycles. The van der Waals surface area contributed by atoms with Crippen LogP contribution in [0.1, 0.15) is 24.7 Å². The molecule has 7 nitrogen and oxygen atoms in total. The van der Waals surface area contributed by atoms with E-state index in [0.717, 1.165) is 19.4 Å². The van der Waals surface area contributed by atoms with Crippen molar-refractivity contribution in [1.82, 2.24) is 20.0 Å². The first-order valence-corrected chi connectivity index (χ1v) is 9.68. The second kappa shape index (κ2) is 8.67. The Morgan fingerprint density at radius 2 is 2.24 bits per heavy atom. The number of hydrogen-bond acceptors (Lipinski definition) is 6. The normalized spacial score (nSPS) is 17.2. The molecule has 150 valence electrons. The molecule has 4 rings (SSSR count). The van der Waals surface area contributed by atoms with Crippen LogP contribution in [0, 0.1) is 5.82 Å². The number of hydrogen-bond donors (Lipinski definition) is 1. The van der Waals surface area contributed by atoms with E-state index in [1.807, 2.05) is 4.90 Å². The number of rotatable bonds is 5. The van der Waals surface area contributed by atoms with Crippen molar-refractivity contribution in [3.63, 3.8) is 0 Å². The van der Waals surface area contributed by atoms with E-state index in [4.69, 9.17) is 16.1 Å². The Morgan fingerprint density at radius 3 is 3.03 bits per heavy atom. The largest absolute Gasteiger partial charge is 0.339 e. The highest BCUT2D eigenvalue weighted by molar-refractivity contribution is 6.30. The topological polar surface area (TPSA) is 84.2 Å². The van der Waals surface area contributed by atoms with Gasteiger partial charge < -0.3 is 9.84 Å². The summed E-state index contributed by atoms with van der Waals surface area (Å²) in [5.41, 5.74) is 0.572. The molecule has 1 saturated heterocycles. The monoisotopic (exact) mass is 415 g/mol.